The molecule has 1 heterocycles. The fourth-order valence-corrected chi connectivity index (χ4v) is 1.63. The van der Waals surface area contributed by atoms with E-state index in [0.29, 0.717) is 6.10 Å². The van der Waals surface area contributed by atoms with Crippen molar-refractivity contribution in [3.05, 3.63) is 0 Å². The molecule has 0 saturated carbocycles. The Morgan fingerprint density at radius 2 is 2.08 bits per heavy atom. The molecule has 0 aromatic rings. The van der Waals surface area contributed by atoms with E-state index < -0.39 is 0 Å². The molecule has 1 aliphatic rings. The SMILES string of the molecule is CCCCCCO[C@H]1CCC(C)O1. The van der Waals surface area contributed by atoms with Crippen LogP contribution in [0.5, 0.6) is 0 Å². The highest BCUT2D eigenvalue weighted by Gasteiger charge is 2.21. The summed E-state index contributed by atoms with van der Waals surface area (Å²) < 4.78 is 11.1. The first-order valence-electron chi connectivity index (χ1n) is 5.60. The van der Waals surface area contributed by atoms with Crippen molar-refractivity contribution in [2.45, 2.75) is 64.8 Å². The van der Waals surface area contributed by atoms with Gasteiger partial charge in [0.2, 0.25) is 0 Å². The minimum atomic E-state index is 0.0941. The number of hydrogen-bond acceptors (Lipinski definition) is 2. The summed E-state index contributed by atoms with van der Waals surface area (Å²) in [5.74, 6) is 0. The van der Waals surface area contributed by atoms with Gasteiger partial charge < -0.3 is 9.47 Å². The van der Waals surface area contributed by atoms with Gasteiger partial charge in [0.15, 0.2) is 6.29 Å². The van der Waals surface area contributed by atoms with Gasteiger partial charge in [-0.2, -0.15) is 0 Å². The van der Waals surface area contributed by atoms with Crippen LogP contribution in [0.2, 0.25) is 0 Å². The average molecular weight is 186 g/mol. The summed E-state index contributed by atoms with van der Waals surface area (Å²) in [5.41, 5.74) is 0. The third-order valence-electron chi connectivity index (χ3n) is 2.49. The van der Waals surface area contributed by atoms with E-state index in [2.05, 4.69) is 13.8 Å². The molecule has 1 unspecified atom stereocenters. The molecule has 1 fully saturated rings. The Hall–Kier alpha value is -0.0800. The van der Waals surface area contributed by atoms with Crippen molar-refractivity contribution in [1.82, 2.24) is 0 Å². The molecule has 0 aromatic carbocycles. The molecule has 0 aliphatic carbocycles. The molecule has 78 valence electrons. The van der Waals surface area contributed by atoms with E-state index in [1.165, 1.54) is 25.7 Å². The maximum atomic E-state index is 5.60. The fraction of sp³-hybridized carbons (Fsp3) is 1.00. The first kappa shape index (κ1) is 11.0. The Labute approximate surface area is 81.6 Å². The molecule has 1 rings (SSSR count). The lowest BCUT2D eigenvalue weighted by Crippen LogP contribution is -2.13. The highest BCUT2D eigenvalue weighted by atomic mass is 16.7. The minimum Gasteiger partial charge on any atom is -0.353 e. The average Bonchev–Trinajstić information content (AvgIpc) is 2.51. The zero-order valence-electron chi connectivity index (χ0n) is 8.92. The molecule has 0 spiro atoms. The van der Waals surface area contributed by atoms with Gasteiger partial charge >= 0.3 is 0 Å². The van der Waals surface area contributed by atoms with E-state index in [-0.39, 0.29) is 6.29 Å². The second-order valence-electron chi connectivity index (χ2n) is 3.89. The Bertz CT molecular complexity index is 125. The number of hydrogen-bond donors (Lipinski definition) is 0. The molecule has 0 amide bonds. The van der Waals surface area contributed by atoms with Crippen molar-refractivity contribution in [3.8, 4) is 0 Å². The van der Waals surface area contributed by atoms with Crippen LogP contribution in [0.15, 0.2) is 0 Å². The summed E-state index contributed by atoms with van der Waals surface area (Å²) in [6, 6.07) is 0. The maximum absolute atomic E-state index is 5.60. The van der Waals surface area contributed by atoms with Crippen LogP contribution in [-0.4, -0.2) is 19.0 Å². The molecule has 1 aliphatic heterocycles. The van der Waals surface area contributed by atoms with Gasteiger partial charge in [-0.05, 0) is 19.8 Å². The predicted molar refractivity (Wildman–Crippen MR) is 53.7 cm³/mol. The maximum Gasteiger partial charge on any atom is 0.158 e. The smallest absolute Gasteiger partial charge is 0.158 e. The first-order valence-corrected chi connectivity index (χ1v) is 5.60. The summed E-state index contributed by atoms with van der Waals surface area (Å²) in [7, 11) is 0. The quantitative estimate of drug-likeness (QED) is 0.593. The second kappa shape index (κ2) is 6.39. The number of ether oxygens (including phenoxy) is 2. The van der Waals surface area contributed by atoms with Crippen LogP contribution < -0.4 is 0 Å². The highest BCUT2D eigenvalue weighted by molar-refractivity contribution is 4.62. The van der Waals surface area contributed by atoms with Gasteiger partial charge in [0, 0.05) is 13.0 Å². The van der Waals surface area contributed by atoms with E-state index in [9.17, 15) is 0 Å². The zero-order chi connectivity index (χ0) is 9.52. The minimum absolute atomic E-state index is 0.0941. The Balaban J connectivity index is 1.88. The van der Waals surface area contributed by atoms with Gasteiger partial charge in [-0.15, -0.1) is 0 Å². The van der Waals surface area contributed by atoms with E-state index in [1.807, 2.05) is 0 Å². The number of unbranched alkanes of at least 4 members (excludes halogenated alkanes) is 3. The van der Waals surface area contributed by atoms with Gasteiger partial charge in [-0.3, -0.25) is 0 Å². The molecule has 1 saturated heterocycles. The van der Waals surface area contributed by atoms with E-state index in [4.69, 9.17) is 9.47 Å². The predicted octanol–water partition coefficient (Wildman–Crippen LogP) is 3.11. The molecule has 2 atom stereocenters. The second-order valence-corrected chi connectivity index (χ2v) is 3.89. The summed E-state index contributed by atoms with van der Waals surface area (Å²) in [6.07, 6.45) is 7.81. The van der Waals surface area contributed by atoms with Crippen LogP contribution in [-0.2, 0) is 9.47 Å². The van der Waals surface area contributed by atoms with Crippen LogP contribution in [0.1, 0.15) is 52.4 Å². The summed E-state index contributed by atoms with van der Waals surface area (Å²) in [5, 5.41) is 0. The van der Waals surface area contributed by atoms with E-state index >= 15 is 0 Å². The molecule has 0 N–H and O–H groups in total. The lowest BCUT2D eigenvalue weighted by molar-refractivity contribution is -0.130. The number of rotatable bonds is 6. The fourth-order valence-electron chi connectivity index (χ4n) is 1.63. The zero-order valence-corrected chi connectivity index (χ0v) is 8.92. The molecule has 2 heteroatoms. The standard InChI is InChI=1S/C11H22O2/c1-3-4-5-6-9-12-11-8-7-10(2)13-11/h10-11H,3-9H2,1-2H3/t10?,11-/m1/s1. The van der Waals surface area contributed by atoms with E-state index in [1.54, 1.807) is 0 Å². The summed E-state index contributed by atoms with van der Waals surface area (Å²) >= 11 is 0. The van der Waals surface area contributed by atoms with Gasteiger partial charge in [0.1, 0.15) is 0 Å². The van der Waals surface area contributed by atoms with Crippen molar-refractivity contribution in [2.24, 2.45) is 0 Å². The first-order chi connectivity index (χ1) is 6.33. The summed E-state index contributed by atoms with van der Waals surface area (Å²) in [4.78, 5) is 0. The van der Waals surface area contributed by atoms with Crippen molar-refractivity contribution >= 4 is 0 Å². The third-order valence-corrected chi connectivity index (χ3v) is 2.49. The molecule has 2 nitrogen and oxygen atoms in total. The lowest BCUT2D eigenvalue weighted by atomic mass is 10.2. The van der Waals surface area contributed by atoms with Crippen molar-refractivity contribution in [3.63, 3.8) is 0 Å². The molecular formula is C11H22O2. The Morgan fingerprint density at radius 3 is 2.69 bits per heavy atom. The van der Waals surface area contributed by atoms with E-state index in [0.717, 1.165) is 19.4 Å². The third kappa shape index (κ3) is 4.63. The van der Waals surface area contributed by atoms with Crippen LogP contribution >= 0.6 is 0 Å². The molecular weight excluding hydrogens is 164 g/mol. The Kier molecular flexibility index (Phi) is 5.40. The molecule has 0 aromatic heterocycles. The van der Waals surface area contributed by atoms with Gasteiger partial charge in [-0.1, -0.05) is 26.2 Å². The van der Waals surface area contributed by atoms with Gasteiger partial charge in [0.25, 0.3) is 0 Å². The van der Waals surface area contributed by atoms with Crippen LogP contribution in [0.4, 0.5) is 0 Å². The monoisotopic (exact) mass is 186 g/mol. The summed E-state index contributed by atoms with van der Waals surface area (Å²) in [6.45, 7) is 5.21. The van der Waals surface area contributed by atoms with Crippen LogP contribution in [0.25, 0.3) is 0 Å². The van der Waals surface area contributed by atoms with Crippen molar-refractivity contribution < 1.29 is 9.47 Å². The highest BCUT2D eigenvalue weighted by Crippen LogP contribution is 2.20. The van der Waals surface area contributed by atoms with Crippen molar-refractivity contribution in [1.29, 1.82) is 0 Å². The normalized spacial score (nSPS) is 28.2. The lowest BCUT2D eigenvalue weighted by Gasteiger charge is -2.11. The molecule has 0 bridgehead atoms. The van der Waals surface area contributed by atoms with Gasteiger partial charge in [0.05, 0.1) is 6.10 Å². The van der Waals surface area contributed by atoms with Crippen LogP contribution in [0, 0.1) is 0 Å². The molecule has 0 radical (unpaired) electrons. The van der Waals surface area contributed by atoms with Crippen LogP contribution in [0.3, 0.4) is 0 Å². The molecule has 13 heavy (non-hydrogen) atoms. The van der Waals surface area contributed by atoms with Gasteiger partial charge in [-0.25, -0.2) is 0 Å². The largest absolute Gasteiger partial charge is 0.353 e. The topological polar surface area (TPSA) is 18.5 Å². The van der Waals surface area contributed by atoms with Crippen molar-refractivity contribution in [2.75, 3.05) is 6.61 Å². The Morgan fingerprint density at radius 1 is 1.23 bits per heavy atom.